The molecule has 1 saturated heterocycles. The Morgan fingerprint density at radius 2 is 2.22 bits per heavy atom. The Kier molecular flexibility index (Phi) is 2.39. The van der Waals surface area contributed by atoms with Crippen molar-refractivity contribution in [2.45, 2.75) is 12.5 Å². The first-order valence-electron chi connectivity index (χ1n) is 5.81. The van der Waals surface area contributed by atoms with E-state index in [1.54, 1.807) is 15.8 Å². The van der Waals surface area contributed by atoms with Gasteiger partial charge in [0, 0.05) is 20.6 Å². The maximum Gasteiger partial charge on any atom is 0.244 e. The van der Waals surface area contributed by atoms with Crippen molar-refractivity contribution in [3.63, 3.8) is 0 Å². The molecular formula is C11H14N6O. The fraction of sp³-hybridized carbons (Fsp3) is 0.455. The first-order valence-corrected chi connectivity index (χ1v) is 5.81. The van der Waals surface area contributed by atoms with E-state index in [9.17, 15) is 4.79 Å². The number of hydrogen-bond acceptors (Lipinski definition) is 5. The van der Waals surface area contributed by atoms with E-state index in [-0.39, 0.29) is 11.9 Å². The smallest absolute Gasteiger partial charge is 0.244 e. The minimum Gasteiger partial charge on any atom is -0.358 e. The Morgan fingerprint density at radius 3 is 2.94 bits per heavy atom. The fourth-order valence-corrected chi connectivity index (χ4v) is 2.20. The minimum atomic E-state index is -0.201. The Balaban J connectivity index is 1.93. The van der Waals surface area contributed by atoms with Crippen LogP contribution in [-0.2, 0) is 11.8 Å². The number of fused-ring (bicyclic) bond motifs is 1. The van der Waals surface area contributed by atoms with Crippen molar-refractivity contribution in [3.05, 3.63) is 12.5 Å². The third-order valence-electron chi connectivity index (χ3n) is 3.27. The van der Waals surface area contributed by atoms with Gasteiger partial charge in [-0.2, -0.15) is 5.10 Å². The van der Waals surface area contributed by atoms with Crippen LogP contribution in [0.3, 0.4) is 0 Å². The van der Waals surface area contributed by atoms with Crippen LogP contribution < -0.4 is 5.32 Å². The molecule has 1 amide bonds. The van der Waals surface area contributed by atoms with Gasteiger partial charge in [0.15, 0.2) is 5.65 Å². The van der Waals surface area contributed by atoms with Gasteiger partial charge in [-0.1, -0.05) is 0 Å². The number of carbonyl (C=O) groups is 1. The van der Waals surface area contributed by atoms with Crippen molar-refractivity contribution in [2.24, 2.45) is 7.05 Å². The Morgan fingerprint density at radius 1 is 1.39 bits per heavy atom. The zero-order chi connectivity index (χ0) is 12.7. The lowest BCUT2D eigenvalue weighted by Crippen LogP contribution is -2.31. The lowest BCUT2D eigenvalue weighted by atomic mass is 10.2. The lowest BCUT2D eigenvalue weighted by Gasteiger charge is -2.12. The Bertz CT molecular complexity index is 607. The highest BCUT2D eigenvalue weighted by atomic mass is 16.2. The monoisotopic (exact) mass is 246 g/mol. The van der Waals surface area contributed by atoms with Crippen molar-refractivity contribution in [1.82, 2.24) is 24.6 Å². The second-order valence-electron chi connectivity index (χ2n) is 4.47. The number of likely N-dealkylation sites (tertiary alicyclic amines) is 1. The zero-order valence-corrected chi connectivity index (χ0v) is 10.3. The predicted molar refractivity (Wildman–Crippen MR) is 66.0 cm³/mol. The van der Waals surface area contributed by atoms with Gasteiger partial charge >= 0.3 is 0 Å². The van der Waals surface area contributed by atoms with Gasteiger partial charge < -0.3 is 10.2 Å². The second kappa shape index (κ2) is 3.94. The van der Waals surface area contributed by atoms with Crippen molar-refractivity contribution in [3.8, 4) is 0 Å². The molecule has 1 fully saturated rings. The molecule has 94 valence electrons. The van der Waals surface area contributed by atoms with Gasteiger partial charge in [0.2, 0.25) is 5.91 Å². The molecule has 1 N–H and O–H groups in total. The Hall–Kier alpha value is -2.18. The van der Waals surface area contributed by atoms with Gasteiger partial charge in [-0.3, -0.25) is 9.48 Å². The first-order chi connectivity index (χ1) is 8.66. The third-order valence-corrected chi connectivity index (χ3v) is 3.27. The van der Waals surface area contributed by atoms with E-state index < -0.39 is 0 Å². The Labute approximate surface area is 104 Å². The molecule has 1 aliphatic heterocycles. The zero-order valence-electron chi connectivity index (χ0n) is 10.3. The van der Waals surface area contributed by atoms with E-state index >= 15 is 0 Å². The number of hydrogen-bond donors (Lipinski definition) is 1. The molecule has 3 heterocycles. The van der Waals surface area contributed by atoms with Crippen molar-refractivity contribution >= 4 is 22.8 Å². The van der Waals surface area contributed by atoms with Gasteiger partial charge in [-0.15, -0.1) is 0 Å². The maximum absolute atomic E-state index is 11.9. The maximum atomic E-state index is 11.9. The number of carbonyl (C=O) groups excluding carboxylic acids is 1. The third kappa shape index (κ3) is 1.59. The summed E-state index contributed by atoms with van der Waals surface area (Å²) < 4.78 is 1.69. The summed E-state index contributed by atoms with van der Waals surface area (Å²) in [6.07, 6.45) is 3.98. The van der Waals surface area contributed by atoms with E-state index in [0.717, 1.165) is 24.0 Å². The van der Waals surface area contributed by atoms with E-state index in [1.165, 1.54) is 6.33 Å². The highest BCUT2D eigenvalue weighted by Crippen LogP contribution is 2.21. The standard InChI is InChI=1S/C11H14N6O/c1-16-4-3-8(11(16)18)15-9-7-5-14-17(2)10(7)13-6-12-9/h5-6,8H,3-4H2,1-2H3,(H,12,13,15). The van der Waals surface area contributed by atoms with E-state index in [1.807, 2.05) is 14.1 Å². The molecular weight excluding hydrogens is 232 g/mol. The number of nitrogens with one attached hydrogen (secondary N) is 1. The largest absolute Gasteiger partial charge is 0.358 e. The SMILES string of the molecule is CN1CCC(Nc2ncnc3c2cnn3C)C1=O. The van der Waals surface area contributed by atoms with Gasteiger partial charge in [-0.05, 0) is 6.42 Å². The van der Waals surface area contributed by atoms with Crippen LogP contribution in [0.4, 0.5) is 5.82 Å². The van der Waals surface area contributed by atoms with Crippen LogP contribution in [0, 0.1) is 0 Å². The number of aromatic nitrogens is 4. The van der Waals surface area contributed by atoms with Gasteiger partial charge in [-0.25, -0.2) is 9.97 Å². The predicted octanol–water partition coefficient (Wildman–Crippen LogP) is 0.00590. The summed E-state index contributed by atoms with van der Waals surface area (Å²) in [6.45, 7) is 0.776. The molecule has 7 heteroatoms. The molecule has 3 rings (SSSR count). The quantitative estimate of drug-likeness (QED) is 0.807. The van der Waals surface area contributed by atoms with Gasteiger partial charge in [0.1, 0.15) is 18.2 Å². The minimum absolute atomic E-state index is 0.102. The topological polar surface area (TPSA) is 75.9 Å². The van der Waals surface area contributed by atoms with E-state index in [0.29, 0.717) is 5.82 Å². The summed E-state index contributed by atoms with van der Waals surface area (Å²) in [6, 6.07) is -0.201. The van der Waals surface area contributed by atoms with Crippen LogP contribution in [0.15, 0.2) is 12.5 Å². The number of aryl methyl sites for hydroxylation is 1. The van der Waals surface area contributed by atoms with Crippen LogP contribution in [-0.4, -0.2) is 50.2 Å². The number of likely N-dealkylation sites (N-methyl/N-ethyl adjacent to an activating group) is 1. The number of anilines is 1. The van der Waals surface area contributed by atoms with Crippen molar-refractivity contribution in [1.29, 1.82) is 0 Å². The van der Waals surface area contributed by atoms with Crippen molar-refractivity contribution < 1.29 is 4.79 Å². The molecule has 18 heavy (non-hydrogen) atoms. The molecule has 1 aliphatic rings. The highest BCUT2D eigenvalue weighted by molar-refractivity contribution is 5.91. The molecule has 0 spiro atoms. The number of amides is 1. The molecule has 1 unspecified atom stereocenters. The normalized spacial score (nSPS) is 19.8. The molecule has 0 saturated carbocycles. The molecule has 1 atom stereocenters. The first kappa shape index (κ1) is 10.9. The van der Waals surface area contributed by atoms with Gasteiger partial charge in [0.05, 0.1) is 11.6 Å². The van der Waals surface area contributed by atoms with E-state index in [2.05, 4.69) is 20.4 Å². The summed E-state index contributed by atoms with van der Waals surface area (Å²) >= 11 is 0. The molecule has 0 bridgehead atoms. The van der Waals surface area contributed by atoms with Crippen LogP contribution in [0.2, 0.25) is 0 Å². The summed E-state index contributed by atoms with van der Waals surface area (Å²) in [4.78, 5) is 21.9. The summed E-state index contributed by atoms with van der Waals surface area (Å²) in [5, 5.41) is 8.16. The van der Waals surface area contributed by atoms with Crippen LogP contribution in [0.25, 0.3) is 11.0 Å². The van der Waals surface area contributed by atoms with Crippen LogP contribution in [0.5, 0.6) is 0 Å². The second-order valence-corrected chi connectivity index (χ2v) is 4.47. The van der Waals surface area contributed by atoms with Crippen molar-refractivity contribution in [2.75, 3.05) is 18.9 Å². The molecule has 0 aliphatic carbocycles. The molecule has 7 nitrogen and oxygen atoms in total. The molecule has 2 aromatic rings. The fourth-order valence-electron chi connectivity index (χ4n) is 2.20. The summed E-state index contributed by atoms with van der Waals surface area (Å²) in [5.41, 5.74) is 0.756. The average Bonchev–Trinajstić information content (AvgIpc) is 2.89. The highest BCUT2D eigenvalue weighted by Gasteiger charge is 2.29. The van der Waals surface area contributed by atoms with Crippen LogP contribution in [0.1, 0.15) is 6.42 Å². The summed E-state index contributed by atoms with van der Waals surface area (Å²) in [5.74, 6) is 0.771. The average molecular weight is 246 g/mol. The summed E-state index contributed by atoms with van der Waals surface area (Å²) in [7, 11) is 3.64. The van der Waals surface area contributed by atoms with Crippen LogP contribution >= 0.6 is 0 Å². The van der Waals surface area contributed by atoms with E-state index in [4.69, 9.17) is 0 Å². The number of nitrogens with zero attached hydrogens (tertiary/aromatic N) is 5. The molecule has 0 aromatic carbocycles. The molecule has 2 aromatic heterocycles. The molecule has 0 radical (unpaired) electrons. The van der Waals surface area contributed by atoms with Gasteiger partial charge in [0.25, 0.3) is 0 Å². The number of rotatable bonds is 2. The lowest BCUT2D eigenvalue weighted by molar-refractivity contribution is -0.127.